The van der Waals surface area contributed by atoms with E-state index in [9.17, 15) is 4.39 Å². The van der Waals surface area contributed by atoms with Crippen molar-refractivity contribution in [2.24, 2.45) is 5.73 Å². The second-order valence-electron chi connectivity index (χ2n) is 3.12. The Morgan fingerprint density at radius 3 is 2.54 bits per heavy atom. The number of halogens is 2. The second kappa shape index (κ2) is 5.20. The highest BCUT2D eigenvalue weighted by Gasteiger charge is 2.07. The van der Waals surface area contributed by atoms with E-state index in [4.69, 9.17) is 5.73 Å². The van der Waals surface area contributed by atoms with Gasteiger partial charge in [-0.1, -0.05) is 23.8 Å². The molecule has 1 nitrogen and oxygen atoms in total. The van der Waals surface area contributed by atoms with Crippen molar-refractivity contribution in [3.05, 3.63) is 34.9 Å². The predicted molar refractivity (Wildman–Crippen MR) is 56.1 cm³/mol. The quantitative estimate of drug-likeness (QED) is 0.786. The van der Waals surface area contributed by atoms with Crippen LogP contribution in [0.25, 0.3) is 0 Å². The van der Waals surface area contributed by atoms with Crippen LogP contribution in [0.4, 0.5) is 4.39 Å². The molecule has 0 bridgehead atoms. The summed E-state index contributed by atoms with van der Waals surface area (Å²) in [6.07, 6.45) is 0. The van der Waals surface area contributed by atoms with E-state index in [1.54, 1.807) is 0 Å². The lowest BCUT2D eigenvalue weighted by Crippen LogP contribution is -2.13. The van der Waals surface area contributed by atoms with E-state index in [1.165, 1.54) is 0 Å². The van der Waals surface area contributed by atoms with Crippen LogP contribution in [0.1, 0.15) is 22.7 Å². The summed E-state index contributed by atoms with van der Waals surface area (Å²) < 4.78 is 12.3. The van der Waals surface area contributed by atoms with Gasteiger partial charge in [0.15, 0.2) is 0 Å². The predicted octanol–water partition coefficient (Wildman–Crippen LogP) is 2.69. The summed E-state index contributed by atoms with van der Waals surface area (Å²) in [5.41, 5.74) is 8.69. The molecule has 0 fully saturated rings. The van der Waals surface area contributed by atoms with Crippen molar-refractivity contribution >= 4 is 12.4 Å². The lowest BCUT2D eigenvalue weighted by molar-refractivity contribution is 0.436. The molecule has 0 heterocycles. The highest BCUT2D eigenvalue weighted by atomic mass is 35.5. The number of hydrogen-bond donors (Lipinski definition) is 1. The SMILES string of the molecule is Cc1ccc(C)c([C@H](N)CF)c1.Cl. The molecule has 0 aromatic heterocycles. The van der Waals surface area contributed by atoms with Gasteiger partial charge in [-0.05, 0) is 25.0 Å². The molecule has 13 heavy (non-hydrogen) atoms. The van der Waals surface area contributed by atoms with E-state index >= 15 is 0 Å². The third-order valence-corrected chi connectivity index (χ3v) is 2.00. The molecule has 0 aliphatic heterocycles. The Balaban J connectivity index is 0.00000144. The fourth-order valence-corrected chi connectivity index (χ4v) is 1.24. The third-order valence-electron chi connectivity index (χ3n) is 2.00. The molecule has 3 heteroatoms. The average molecular weight is 204 g/mol. The Hall–Kier alpha value is -0.600. The van der Waals surface area contributed by atoms with Gasteiger partial charge in [0.25, 0.3) is 0 Å². The molecule has 1 aromatic rings. The maximum Gasteiger partial charge on any atom is 0.109 e. The first kappa shape index (κ1) is 12.4. The molecule has 0 saturated heterocycles. The largest absolute Gasteiger partial charge is 0.322 e. The number of aryl methyl sites for hydroxylation is 2. The standard InChI is InChI=1S/C10H14FN.ClH/c1-7-3-4-8(2)9(5-7)10(12)6-11;/h3-5,10H,6,12H2,1-2H3;1H/t10-;/m1./s1. The van der Waals surface area contributed by atoms with Crippen LogP contribution in [-0.4, -0.2) is 6.67 Å². The van der Waals surface area contributed by atoms with Crippen LogP contribution >= 0.6 is 12.4 Å². The Kier molecular flexibility index (Phi) is 4.96. The van der Waals surface area contributed by atoms with E-state index in [1.807, 2.05) is 32.0 Å². The molecule has 0 aliphatic rings. The molecule has 0 saturated carbocycles. The van der Waals surface area contributed by atoms with Gasteiger partial charge in [-0.15, -0.1) is 12.4 Å². The van der Waals surface area contributed by atoms with Gasteiger partial charge in [-0.2, -0.15) is 0 Å². The van der Waals surface area contributed by atoms with Crippen LogP contribution in [-0.2, 0) is 0 Å². The highest BCUT2D eigenvalue weighted by molar-refractivity contribution is 5.85. The Morgan fingerprint density at radius 1 is 1.38 bits per heavy atom. The number of alkyl halides is 1. The lowest BCUT2D eigenvalue weighted by atomic mass is 10.0. The maximum atomic E-state index is 12.3. The molecule has 0 amide bonds. The summed E-state index contributed by atoms with van der Waals surface area (Å²) in [6, 6.07) is 5.45. The molecule has 0 radical (unpaired) electrons. The van der Waals surface area contributed by atoms with Gasteiger partial charge in [-0.25, -0.2) is 4.39 Å². The average Bonchev–Trinajstić information content (AvgIpc) is 2.08. The van der Waals surface area contributed by atoms with Crippen molar-refractivity contribution in [3.63, 3.8) is 0 Å². The normalized spacial score (nSPS) is 12.0. The smallest absolute Gasteiger partial charge is 0.109 e. The van der Waals surface area contributed by atoms with Crippen LogP contribution in [0.15, 0.2) is 18.2 Å². The zero-order valence-corrected chi connectivity index (χ0v) is 8.70. The maximum absolute atomic E-state index is 12.3. The Labute approximate surface area is 84.5 Å². The minimum absolute atomic E-state index is 0. The monoisotopic (exact) mass is 203 g/mol. The molecule has 1 atom stereocenters. The van der Waals surface area contributed by atoms with Crippen LogP contribution in [0, 0.1) is 13.8 Å². The van der Waals surface area contributed by atoms with Crippen LogP contribution < -0.4 is 5.73 Å². The number of hydrogen-bond acceptors (Lipinski definition) is 1. The first-order valence-corrected chi connectivity index (χ1v) is 4.04. The molecule has 1 rings (SSSR count). The minimum Gasteiger partial charge on any atom is -0.322 e. The zero-order chi connectivity index (χ0) is 9.14. The first-order chi connectivity index (χ1) is 5.65. The molecule has 74 valence electrons. The van der Waals surface area contributed by atoms with Crippen molar-refractivity contribution in [1.29, 1.82) is 0 Å². The molecular weight excluding hydrogens is 189 g/mol. The van der Waals surface area contributed by atoms with Crippen molar-refractivity contribution in [2.75, 3.05) is 6.67 Å². The van der Waals surface area contributed by atoms with Crippen molar-refractivity contribution in [1.82, 2.24) is 0 Å². The summed E-state index contributed by atoms with van der Waals surface area (Å²) >= 11 is 0. The van der Waals surface area contributed by atoms with E-state index in [-0.39, 0.29) is 12.4 Å². The summed E-state index contributed by atoms with van der Waals surface area (Å²) in [6.45, 7) is 3.43. The number of nitrogens with two attached hydrogens (primary N) is 1. The van der Waals surface area contributed by atoms with Gasteiger partial charge in [0.05, 0.1) is 6.04 Å². The van der Waals surface area contributed by atoms with E-state index in [0.29, 0.717) is 0 Å². The summed E-state index contributed by atoms with van der Waals surface area (Å²) in [5, 5.41) is 0. The van der Waals surface area contributed by atoms with Crippen molar-refractivity contribution in [3.8, 4) is 0 Å². The number of benzene rings is 1. The van der Waals surface area contributed by atoms with E-state index in [2.05, 4.69) is 0 Å². The minimum atomic E-state index is -0.496. The Morgan fingerprint density at radius 2 is 2.00 bits per heavy atom. The summed E-state index contributed by atoms with van der Waals surface area (Å²) in [5.74, 6) is 0. The topological polar surface area (TPSA) is 26.0 Å². The third kappa shape index (κ3) is 2.98. The molecule has 1 aromatic carbocycles. The fraction of sp³-hybridized carbons (Fsp3) is 0.400. The van der Waals surface area contributed by atoms with Crippen molar-refractivity contribution < 1.29 is 4.39 Å². The van der Waals surface area contributed by atoms with Gasteiger partial charge < -0.3 is 5.73 Å². The molecule has 2 N–H and O–H groups in total. The molecular formula is C10H15ClFN. The molecule has 0 unspecified atom stereocenters. The first-order valence-electron chi connectivity index (χ1n) is 4.04. The van der Waals surface area contributed by atoms with Crippen molar-refractivity contribution in [2.45, 2.75) is 19.9 Å². The van der Waals surface area contributed by atoms with Crippen LogP contribution in [0.3, 0.4) is 0 Å². The van der Waals surface area contributed by atoms with E-state index in [0.717, 1.165) is 16.7 Å². The van der Waals surface area contributed by atoms with Gasteiger partial charge in [-0.3, -0.25) is 0 Å². The van der Waals surface area contributed by atoms with Gasteiger partial charge in [0.2, 0.25) is 0 Å². The van der Waals surface area contributed by atoms with Crippen LogP contribution in [0.5, 0.6) is 0 Å². The lowest BCUT2D eigenvalue weighted by Gasteiger charge is -2.11. The van der Waals surface area contributed by atoms with Gasteiger partial charge in [0, 0.05) is 0 Å². The summed E-state index contributed by atoms with van der Waals surface area (Å²) in [4.78, 5) is 0. The number of rotatable bonds is 2. The molecule has 0 spiro atoms. The van der Waals surface area contributed by atoms with Gasteiger partial charge in [0.1, 0.15) is 6.67 Å². The van der Waals surface area contributed by atoms with Crippen LogP contribution in [0.2, 0.25) is 0 Å². The van der Waals surface area contributed by atoms with E-state index < -0.39 is 12.7 Å². The zero-order valence-electron chi connectivity index (χ0n) is 7.88. The second-order valence-corrected chi connectivity index (χ2v) is 3.12. The molecule has 0 aliphatic carbocycles. The van der Waals surface area contributed by atoms with Gasteiger partial charge >= 0.3 is 0 Å². The fourth-order valence-electron chi connectivity index (χ4n) is 1.24. The highest BCUT2D eigenvalue weighted by Crippen LogP contribution is 2.17. The summed E-state index contributed by atoms with van der Waals surface area (Å²) in [7, 11) is 0. The Bertz CT molecular complexity index is 276.